The highest BCUT2D eigenvalue weighted by Crippen LogP contribution is 2.64. The lowest BCUT2D eigenvalue weighted by Crippen LogP contribution is -2.53. The van der Waals surface area contributed by atoms with Crippen LogP contribution in [0.1, 0.15) is 35.8 Å². The maximum atomic E-state index is 15.4. The first-order chi connectivity index (χ1) is 27.6. The maximum absolute atomic E-state index is 15.4. The van der Waals surface area contributed by atoms with Gasteiger partial charge in [0.2, 0.25) is 11.8 Å². The Balaban J connectivity index is 1.15. The van der Waals surface area contributed by atoms with Crippen molar-refractivity contribution in [3.8, 4) is 5.75 Å². The van der Waals surface area contributed by atoms with Gasteiger partial charge in [0, 0.05) is 16.4 Å². The molecule has 4 aromatic carbocycles. The lowest BCUT2D eigenvalue weighted by molar-refractivity contribution is -0.138. The Kier molecular flexibility index (Phi) is 9.19. The van der Waals surface area contributed by atoms with Gasteiger partial charge in [-0.3, -0.25) is 29.5 Å². The summed E-state index contributed by atoms with van der Waals surface area (Å²) in [5.41, 5.74) is 5.08. The van der Waals surface area contributed by atoms with Gasteiger partial charge >= 0.3 is 0 Å². The van der Waals surface area contributed by atoms with Crippen LogP contribution in [0.5, 0.6) is 5.75 Å². The number of aliphatic hydroxyl groups is 1. The van der Waals surface area contributed by atoms with E-state index < -0.39 is 53.4 Å². The number of ether oxygens (including phenoxy) is 1. The number of carbonyl (C=O) groups is 4. The highest BCUT2D eigenvalue weighted by Gasteiger charge is 2.71. The summed E-state index contributed by atoms with van der Waals surface area (Å²) in [6.07, 6.45) is 2.28. The van der Waals surface area contributed by atoms with Crippen LogP contribution in [0, 0.1) is 23.7 Å². The fourth-order valence-electron chi connectivity index (χ4n) is 9.42. The van der Waals surface area contributed by atoms with Crippen molar-refractivity contribution >= 4 is 69.6 Å². The minimum Gasteiger partial charge on any atom is -0.497 e. The molecule has 11 nitrogen and oxygen atoms in total. The van der Waals surface area contributed by atoms with Crippen LogP contribution >= 0.6 is 23.2 Å². The molecule has 2 saturated heterocycles. The standard InChI is InChI=1S/C44H36Cl2N4O7/c1-56-29-14-7-24(8-15-29)44-34(41(53)50(43(44)55)48-36-19-9-25(45)21-35(36)46)22-33-31(39(44)37-20-16-30(23-51)57-37)17-18-32-38(33)42(54)49(40(32)52)28-12-10-27(11-13-28)47-26-5-3-2-4-6-26/h2-17,19-21,32-34,38-39,47-48,51H,18,22-23H2,1H3/t32-,33+,34-,38-,39+,44+/m0/s1. The number of carbonyl (C=O) groups excluding carboxylic acids is 4. The van der Waals surface area contributed by atoms with E-state index in [-0.39, 0.29) is 41.1 Å². The van der Waals surface area contributed by atoms with Gasteiger partial charge in [0.1, 0.15) is 29.3 Å². The van der Waals surface area contributed by atoms with Crippen LogP contribution in [0.4, 0.5) is 22.7 Å². The molecule has 288 valence electrons. The van der Waals surface area contributed by atoms with Crippen LogP contribution in [-0.4, -0.2) is 40.9 Å². The average Bonchev–Trinajstić information content (AvgIpc) is 3.87. The van der Waals surface area contributed by atoms with Gasteiger partial charge in [-0.05, 0) is 103 Å². The van der Waals surface area contributed by atoms with Crippen LogP contribution in [0.3, 0.4) is 0 Å². The number of para-hydroxylation sites is 1. The van der Waals surface area contributed by atoms with E-state index >= 15 is 4.79 Å². The highest BCUT2D eigenvalue weighted by molar-refractivity contribution is 6.36. The van der Waals surface area contributed by atoms with Crippen molar-refractivity contribution in [2.45, 2.75) is 30.8 Å². The van der Waals surface area contributed by atoms with Crippen LogP contribution in [-0.2, 0) is 31.2 Å². The first-order valence-electron chi connectivity index (χ1n) is 18.6. The van der Waals surface area contributed by atoms with Crippen molar-refractivity contribution in [1.29, 1.82) is 0 Å². The fourth-order valence-corrected chi connectivity index (χ4v) is 9.87. The van der Waals surface area contributed by atoms with Crippen molar-refractivity contribution in [2.75, 3.05) is 22.8 Å². The number of anilines is 4. The summed E-state index contributed by atoms with van der Waals surface area (Å²) in [4.78, 5) is 60.5. The Bertz CT molecular complexity index is 2450. The van der Waals surface area contributed by atoms with E-state index in [1.165, 1.54) is 18.1 Å². The number of hydrazine groups is 1. The zero-order valence-electron chi connectivity index (χ0n) is 30.5. The number of hydrogen-bond donors (Lipinski definition) is 3. The van der Waals surface area contributed by atoms with Crippen molar-refractivity contribution in [1.82, 2.24) is 5.01 Å². The second-order valence-electron chi connectivity index (χ2n) is 14.7. The molecule has 4 aliphatic rings. The molecule has 2 aliphatic carbocycles. The largest absolute Gasteiger partial charge is 0.497 e. The number of aliphatic hydroxyl groups excluding tert-OH is 1. The number of imide groups is 2. The normalized spacial score (nSPS) is 25.2. The second kappa shape index (κ2) is 14.3. The Labute approximate surface area is 337 Å². The third kappa shape index (κ3) is 5.83. The maximum Gasteiger partial charge on any atom is 0.260 e. The number of nitrogens with one attached hydrogen (secondary N) is 2. The summed E-state index contributed by atoms with van der Waals surface area (Å²) >= 11 is 12.7. The van der Waals surface area contributed by atoms with Gasteiger partial charge in [0.15, 0.2) is 0 Å². The van der Waals surface area contributed by atoms with Gasteiger partial charge in [0.25, 0.3) is 11.8 Å². The van der Waals surface area contributed by atoms with E-state index in [0.29, 0.717) is 27.8 Å². The van der Waals surface area contributed by atoms with Crippen molar-refractivity contribution in [3.05, 3.63) is 148 Å². The summed E-state index contributed by atoms with van der Waals surface area (Å²) in [7, 11) is 1.54. The second-order valence-corrected chi connectivity index (χ2v) is 15.6. The minimum atomic E-state index is -1.58. The minimum absolute atomic E-state index is 0.0903. The zero-order valence-corrected chi connectivity index (χ0v) is 32.0. The number of benzene rings is 4. The molecular weight excluding hydrogens is 767 g/mol. The zero-order chi connectivity index (χ0) is 39.6. The molecule has 3 N–H and O–H groups in total. The van der Waals surface area contributed by atoms with Gasteiger partial charge in [-0.25, -0.2) is 0 Å². The first-order valence-corrected chi connectivity index (χ1v) is 19.3. The highest BCUT2D eigenvalue weighted by atomic mass is 35.5. The smallest absolute Gasteiger partial charge is 0.260 e. The van der Waals surface area contributed by atoms with Crippen LogP contribution in [0.25, 0.3) is 0 Å². The number of amides is 4. The van der Waals surface area contributed by atoms with E-state index in [0.717, 1.165) is 22.0 Å². The SMILES string of the molecule is COc1ccc([C@@]23C(=O)N(Nc4ccc(Cl)cc4Cl)C(=O)[C@@H]2C[C@@H]2C(=CC[C@@H]4C(=O)N(c5ccc(Nc6ccccc6)cc5)C(=O)[C@@H]42)[C@@H]3c2ccc(CO)o2)cc1. The molecule has 5 aromatic rings. The summed E-state index contributed by atoms with van der Waals surface area (Å²) in [6, 6.07) is 31.8. The van der Waals surface area contributed by atoms with Crippen LogP contribution < -0.4 is 20.4 Å². The number of allylic oxidation sites excluding steroid dienone is 2. The topological polar surface area (TPSA) is 141 Å². The van der Waals surface area contributed by atoms with Crippen molar-refractivity contribution in [3.63, 3.8) is 0 Å². The third-order valence-corrected chi connectivity index (χ3v) is 12.4. The molecule has 3 fully saturated rings. The molecule has 9 rings (SSSR count). The summed E-state index contributed by atoms with van der Waals surface area (Å²) in [5, 5.41) is 15.0. The number of halogens is 2. The average molecular weight is 804 g/mol. The molecule has 6 atom stereocenters. The third-order valence-electron chi connectivity index (χ3n) is 11.9. The molecule has 1 aromatic heterocycles. The van der Waals surface area contributed by atoms with Crippen LogP contribution in [0.15, 0.2) is 125 Å². The number of methoxy groups -OCH3 is 1. The summed E-state index contributed by atoms with van der Waals surface area (Å²) in [6.45, 7) is -0.393. The molecule has 13 heteroatoms. The van der Waals surface area contributed by atoms with Gasteiger partial charge in [-0.1, -0.05) is 65.2 Å². The van der Waals surface area contributed by atoms with E-state index in [1.54, 1.807) is 60.7 Å². The Morgan fingerprint density at radius 1 is 0.842 bits per heavy atom. The fraction of sp³-hybridized carbons (Fsp3) is 0.227. The van der Waals surface area contributed by atoms with E-state index in [4.69, 9.17) is 32.4 Å². The van der Waals surface area contributed by atoms with Gasteiger partial charge in [-0.15, -0.1) is 0 Å². The van der Waals surface area contributed by atoms with Crippen molar-refractivity contribution < 1.29 is 33.4 Å². The molecule has 0 bridgehead atoms. The lowest BCUT2D eigenvalue weighted by atomic mass is 9.50. The number of fused-ring (bicyclic) bond motifs is 4. The van der Waals surface area contributed by atoms with E-state index in [2.05, 4.69) is 10.7 Å². The van der Waals surface area contributed by atoms with E-state index in [9.17, 15) is 19.5 Å². The number of hydrogen-bond acceptors (Lipinski definition) is 9. The monoisotopic (exact) mass is 802 g/mol. The molecule has 3 heterocycles. The summed E-state index contributed by atoms with van der Waals surface area (Å²) in [5.74, 6) is -4.62. The first kappa shape index (κ1) is 36.7. The quantitative estimate of drug-likeness (QED) is 0.0998. The molecule has 0 unspecified atom stereocenters. The number of furan rings is 1. The predicted molar refractivity (Wildman–Crippen MR) is 214 cm³/mol. The Hall–Kier alpha value is -5.88. The molecule has 57 heavy (non-hydrogen) atoms. The Morgan fingerprint density at radius 2 is 1.58 bits per heavy atom. The molecule has 2 aliphatic heterocycles. The van der Waals surface area contributed by atoms with Crippen LogP contribution in [0.2, 0.25) is 10.0 Å². The van der Waals surface area contributed by atoms with E-state index in [1.807, 2.05) is 48.5 Å². The Morgan fingerprint density at radius 3 is 2.26 bits per heavy atom. The lowest BCUT2D eigenvalue weighted by Gasteiger charge is -2.49. The van der Waals surface area contributed by atoms with Gasteiger partial charge in [-0.2, -0.15) is 5.01 Å². The van der Waals surface area contributed by atoms with Gasteiger partial charge in [0.05, 0.1) is 47.2 Å². The molecular formula is C44H36Cl2N4O7. The molecule has 1 saturated carbocycles. The summed E-state index contributed by atoms with van der Waals surface area (Å²) < 4.78 is 11.7. The predicted octanol–water partition coefficient (Wildman–Crippen LogP) is 8.02. The van der Waals surface area contributed by atoms with Gasteiger partial charge < -0.3 is 19.6 Å². The number of rotatable bonds is 9. The molecule has 0 spiro atoms. The number of nitrogens with zero attached hydrogens (tertiary/aromatic N) is 2. The van der Waals surface area contributed by atoms with Crippen molar-refractivity contribution in [2.24, 2.45) is 23.7 Å². The molecule has 4 amide bonds. The molecule has 0 radical (unpaired) electrons.